The Balaban J connectivity index is 1.83. The Morgan fingerprint density at radius 1 is 0.613 bits per heavy atom. The summed E-state index contributed by atoms with van der Waals surface area (Å²) in [5.41, 5.74) is 6.63. The van der Waals surface area contributed by atoms with Crippen molar-refractivity contribution < 1.29 is 57.9 Å². The number of ether oxygens (including phenoxy) is 4. The van der Waals surface area contributed by atoms with Crippen LogP contribution in [-0.2, 0) is 54.1 Å². The zero-order valence-corrected chi connectivity index (χ0v) is 37.1. The van der Waals surface area contributed by atoms with Gasteiger partial charge in [0.1, 0.15) is 19.3 Å². The fourth-order valence-electron chi connectivity index (χ4n) is 6.44. The lowest BCUT2D eigenvalue weighted by Gasteiger charge is -2.16. The number of imidazole rings is 1. The molecule has 0 saturated heterocycles. The fraction of sp³-hybridized carbons (Fsp3) is 0.795. The Kier molecular flexibility index (Phi) is 36.3. The Hall–Kier alpha value is -3.81. The normalized spacial score (nSPS) is 12.2. The van der Waals surface area contributed by atoms with Gasteiger partial charge in [-0.2, -0.15) is 0 Å². The van der Waals surface area contributed by atoms with Crippen LogP contribution in [0.2, 0.25) is 0 Å². The third-order valence-electron chi connectivity index (χ3n) is 10.1. The number of hydrogen-bond donors (Lipinski definition) is 7. The molecule has 62 heavy (non-hydrogen) atoms. The zero-order chi connectivity index (χ0) is 45.3. The van der Waals surface area contributed by atoms with Crippen molar-refractivity contribution in [2.45, 2.75) is 153 Å². The minimum atomic E-state index is -1.06. The van der Waals surface area contributed by atoms with Crippen molar-refractivity contribution in [1.29, 1.82) is 0 Å². The number of aromatic nitrogens is 2. The van der Waals surface area contributed by atoms with Gasteiger partial charge in [0, 0.05) is 57.3 Å². The minimum absolute atomic E-state index is 0.000707. The standard InChI is InChI=1S/C44H78N6O12/c45-38(30-36-31-46-35-50-36)40(52)32-49-39(44(57)58)19-15-16-22-47-42(54)34-62-29-26-59-24-17-18-37(51)33-61-28-27-60-25-23-48-41(53)20-13-11-9-7-5-3-1-2-4-6-8-10-12-14-21-43(55)56/h31,35,38-39,49H,1-30,32-34,45H2,(H,46,50)(H,47,54)(H,48,53)(H,55,56)(H,57,58)/t38-,39-/m0/s1. The van der Waals surface area contributed by atoms with E-state index in [1.165, 1.54) is 57.7 Å². The number of ketones is 2. The topological polar surface area (TPSA) is 271 Å². The number of rotatable bonds is 46. The second-order valence-electron chi connectivity index (χ2n) is 15.6. The first-order chi connectivity index (χ1) is 30.1. The summed E-state index contributed by atoms with van der Waals surface area (Å²) in [6.07, 6.45) is 22.5. The third kappa shape index (κ3) is 35.8. The van der Waals surface area contributed by atoms with Crippen molar-refractivity contribution in [3.8, 4) is 0 Å². The van der Waals surface area contributed by atoms with Gasteiger partial charge in [-0.1, -0.05) is 77.0 Å². The summed E-state index contributed by atoms with van der Waals surface area (Å²) in [6.45, 7) is 2.38. The highest BCUT2D eigenvalue weighted by Crippen LogP contribution is 2.14. The second kappa shape index (κ2) is 40.0. The average Bonchev–Trinajstić information content (AvgIpc) is 3.76. The predicted octanol–water partition coefficient (Wildman–Crippen LogP) is 4.04. The van der Waals surface area contributed by atoms with E-state index in [4.69, 9.17) is 29.8 Å². The molecule has 356 valence electrons. The maximum Gasteiger partial charge on any atom is 0.320 e. The number of nitrogens with zero attached hydrogens (tertiary/aromatic N) is 1. The largest absolute Gasteiger partial charge is 0.481 e. The summed E-state index contributed by atoms with van der Waals surface area (Å²) in [5.74, 6) is -2.35. The van der Waals surface area contributed by atoms with Crippen LogP contribution in [0, 0.1) is 0 Å². The van der Waals surface area contributed by atoms with E-state index in [0.717, 1.165) is 44.2 Å². The van der Waals surface area contributed by atoms with Gasteiger partial charge in [0.05, 0.1) is 51.9 Å². The Labute approximate surface area is 368 Å². The molecule has 0 saturated carbocycles. The van der Waals surface area contributed by atoms with Crippen molar-refractivity contribution in [1.82, 2.24) is 25.9 Å². The first-order valence-corrected chi connectivity index (χ1v) is 22.9. The SMILES string of the molecule is N[C@@H](Cc1cnc[nH]1)C(=O)CN[C@@H](CCCCNC(=O)COCCOCCCC(=O)COCCOCCNC(=O)CCCCCCCCCCCCCCCCC(=O)O)C(=O)O. The molecular weight excluding hydrogens is 805 g/mol. The number of amides is 2. The maximum absolute atomic E-state index is 12.3. The zero-order valence-electron chi connectivity index (χ0n) is 37.1. The number of carboxylic acid groups (broad SMARTS) is 2. The maximum atomic E-state index is 12.3. The Morgan fingerprint density at radius 3 is 1.77 bits per heavy atom. The van der Waals surface area contributed by atoms with Crippen LogP contribution >= 0.6 is 0 Å². The van der Waals surface area contributed by atoms with Gasteiger partial charge in [-0.15, -0.1) is 0 Å². The molecule has 0 aliphatic heterocycles. The van der Waals surface area contributed by atoms with Gasteiger partial charge in [0.25, 0.3) is 0 Å². The van der Waals surface area contributed by atoms with E-state index in [-0.39, 0.29) is 75.8 Å². The van der Waals surface area contributed by atoms with Crippen LogP contribution in [0.4, 0.5) is 0 Å². The van der Waals surface area contributed by atoms with Crippen molar-refractivity contribution in [2.75, 3.05) is 72.5 Å². The number of aliphatic carboxylic acids is 2. The highest BCUT2D eigenvalue weighted by atomic mass is 16.5. The average molecular weight is 883 g/mol. The van der Waals surface area contributed by atoms with Gasteiger partial charge in [0.2, 0.25) is 11.8 Å². The van der Waals surface area contributed by atoms with E-state index >= 15 is 0 Å². The Bertz CT molecular complexity index is 1320. The molecule has 1 aromatic heterocycles. The van der Waals surface area contributed by atoms with E-state index in [1.54, 1.807) is 6.20 Å². The molecule has 0 aromatic carbocycles. The van der Waals surface area contributed by atoms with Crippen molar-refractivity contribution in [2.24, 2.45) is 5.73 Å². The van der Waals surface area contributed by atoms with E-state index < -0.39 is 24.0 Å². The van der Waals surface area contributed by atoms with Crippen LogP contribution in [0.15, 0.2) is 12.5 Å². The van der Waals surface area contributed by atoms with Crippen LogP contribution in [0.25, 0.3) is 0 Å². The van der Waals surface area contributed by atoms with Gasteiger partial charge in [0.15, 0.2) is 11.6 Å². The minimum Gasteiger partial charge on any atom is -0.481 e. The molecule has 1 heterocycles. The van der Waals surface area contributed by atoms with Gasteiger partial charge < -0.3 is 50.5 Å². The lowest BCUT2D eigenvalue weighted by Crippen LogP contribution is -2.45. The number of Topliss-reactive ketones (excluding diaryl/α,β-unsaturated/α-hetero) is 2. The highest BCUT2D eigenvalue weighted by molar-refractivity contribution is 5.86. The number of carbonyl (C=O) groups is 6. The molecule has 18 nitrogen and oxygen atoms in total. The third-order valence-corrected chi connectivity index (χ3v) is 10.1. The molecule has 0 spiro atoms. The summed E-state index contributed by atoms with van der Waals surface area (Å²) in [4.78, 5) is 77.2. The molecule has 0 bridgehead atoms. The van der Waals surface area contributed by atoms with Crippen molar-refractivity contribution >= 4 is 35.3 Å². The second-order valence-corrected chi connectivity index (χ2v) is 15.6. The number of nitrogens with one attached hydrogen (secondary N) is 4. The molecule has 1 rings (SSSR count). The van der Waals surface area contributed by atoms with Crippen LogP contribution in [0.5, 0.6) is 0 Å². The molecule has 8 N–H and O–H groups in total. The highest BCUT2D eigenvalue weighted by Gasteiger charge is 2.21. The molecule has 2 amide bonds. The summed E-state index contributed by atoms with van der Waals surface area (Å²) >= 11 is 0. The van der Waals surface area contributed by atoms with E-state index in [9.17, 15) is 33.9 Å². The van der Waals surface area contributed by atoms with Crippen LogP contribution in [0.1, 0.15) is 141 Å². The van der Waals surface area contributed by atoms with Crippen LogP contribution in [0.3, 0.4) is 0 Å². The summed E-state index contributed by atoms with van der Waals surface area (Å²) < 4.78 is 21.6. The first kappa shape index (κ1) is 56.2. The molecule has 1 aromatic rings. The summed E-state index contributed by atoms with van der Waals surface area (Å²) in [7, 11) is 0. The van der Waals surface area contributed by atoms with Crippen molar-refractivity contribution in [3.05, 3.63) is 18.2 Å². The summed E-state index contributed by atoms with van der Waals surface area (Å²) in [5, 5.41) is 26.5. The number of nitrogens with two attached hydrogens (primary N) is 1. The fourth-order valence-corrected chi connectivity index (χ4v) is 6.44. The van der Waals surface area contributed by atoms with Crippen LogP contribution < -0.4 is 21.7 Å². The number of unbranched alkanes of at least 4 members (excludes halogenated alkanes) is 14. The summed E-state index contributed by atoms with van der Waals surface area (Å²) in [6, 6.07) is -1.68. The van der Waals surface area contributed by atoms with Gasteiger partial charge in [-0.3, -0.25) is 34.1 Å². The number of hydrogen-bond acceptors (Lipinski definition) is 13. The molecule has 0 radical (unpaired) electrons. The molecule has 0 fully saturated rings. The lowest BCUT2D eigenvalue weighted by molar-refractivity contribution is -0.140. The lowest BCUT2D eigenvalue weighted by atomic mass is 10.0. The van der Waals surface area contributed by atoms with Crippen molar-refractivity contribution in [3.63, 3.8) is 0 Å². The molecule has 0 unspecified atom stereocenters. The number of carbonyl (C=O) groups excluding carboxylic acids is 4. The monoisotopic (exact) mass is 883 g/mol. The molecule has 2 atom stereocenters. The Morgan fingerprint density at radius 2 is 1.18 bits per heavy atom. The molecule has 18 heteroatoms. The van der Waals surface area contributed by atoms with E-state index in [2.05, 4.69) is 25.9 Å². The predicted molar refractivity (Wildman–Crippen MR) is 234 cm³/mol. The van der Waals surface area contributed by atoms with Gasteiger partial charge in [-0.25, -0.2) is 4.98 Å². The van der Waals surface area contributed by atoms with Crippen LogP contribution in [-0.4, -0.2) is 140 Å². The number of carboxylic acids is 2. The number of aromatic amines is 1. The molecule has 0 aliphatic rings. The number of H-pyrrole nitrogens is 1. The first-order valence-electron chi connectivity index (χ1n) is 22.9. The van der Waals surface area contributed by atoms with Gasteiger partial charge in [-0.05, 0) is 38.5 Å². The smallest absolute Gasteiger partial charge is 0.320 e. The van der Waals surface area contributed by atoms with E-state index in [1.807, 2.05) is 0 Å². The molecule has 0 aliphatic carbocycles. The quantitative estimate of drug-likeness (QED) is 0.0456. The van der Waals surface area contributed by atoms with E-state index in [0.29, 0.717) is 71.4 Å². The molecular formula is C44H78N6O12. The van der Waals surface area contributed by atoms with Gasteiger partial charge >= 0.3 is 11.9 Å².